The highest BCUT2D eigenvalue weighted by Gasteiger charge is 2.17. The summed E-state index contributed by atoms with van der Waals surface area (Å²) in [4.78, 5) is 25.4. The summed E-state index contributed by atoms with van der Waals surface area (Å²) in [7, 11) is 0. The van der Waals surface area contributed by atoms with Crippen molar-refractivity contribution in [2.24, 2.45) is 0 Å². The summed E-state index contributed by atoms with van der Waals surface area (Å²) in [5.74, 6) is 0.0941. The van der Waals surface area contributed by atoms with E-state index < -0.39 is 6.10 Å². The first-order chi connectivity index (χ1) is 14.6. The molecule has 0 saturated heterocycles. The van der Waals surface area contributed by atoms with Crippen molar-refractivity contribution in [2.45, 2.75) is 39.2 Å². The SMILES string of the molecule is C[C@@H](Oc1cccc(Cl)c1)C(=O)Nc1cccc(C(=O)c2ccc(C(C)(C)C)cc2)c1. The van der Waals surface area contributed by atoms with Gasteiger partial charge in [-0.15, -0.1) is 0 Å². The molecule has 1 N–H and O–H groups in total. The maximum atomic E-state index is 12.9. The number of rotatable bonds is 6. The van der Waals surface area contributed by atoms with E-state index in [9.17, 15) is 9.59 Å². The smallest absolute Gasteiger partial charge is 0.265 e. The van der Waals surface area contributed by atoms with Crippen LogP contribution in [0.3, 0.4) is 0 Å². The molecule has 0 aliphatic rings. The maximum Gasteiger partial charge on any atom is 0.265 e. The molecule has 0 heterocycles. The molecule has 0 aliphatic carbocycles. The van der Waals surface area contributed by atoms with Crippen LogP contribution in [0, 0.1) is 0 Å². The molecule has 31 heavy (non-hydrogen) atoms. The number of ketones is 1. The van der Waals surface area contributed by atoms with Gasteiger partial charge in [-0.25, -0.2) is 0 Å². The second-order valence-electron chi connectivity index (χ2n) is 8.44. The Balaban J connectivity index is 1.69. The molecule has 0 spiro atoms. The predicted octanol–water partition coefficient (Wildman–Crippen LogP) is 6.27. The van der Waals surface area contributed by atoms with E-state index >= 15 is 0 Å². The minimum atomic E-state index is -0.734. The number of halogens is 1. The Hall–Kier alpha value is -3.11. The van der Waals surface area contributed by atoms with E-state index in [0.717, 1.165) is 0 Å². The summed E-state index contributed by atoms with van der Waals surface area (Å²) in [5.41, 5.74) is 2.83. The average molecular weight is 436 g/mol. The molecule has 3 aromatic rings. The molecule has 0 unspecified atom stereocenters. The zero-order chi connectivity index (χ0) is 22.6. The summed E-state index contributed by atoms with van der Waals surface area (Å²) in [6.07, 6.45) is -0.734. The highest BCUT2D eigenvalue weighted by molar-refractivity contribution is 6.30. The van der Waals surface area contributed by atoms with Crippen LogP contribution in [0.1, 0.15) is 49.2 Å². The highest BCUT2D eigenvalue weighted by Crippen LogP contribution is 2.24. The van der Waals surface area contributed by atoms with Crippen molar-refractivity contribution in [1.29, 1.82) is 0 Å². The van der Waals surface area contributed by atoms with E-state index in [-0.39, 0.29) is 17.1 Å². The van der Waals surface area contributed by atoms with E-state index in [1.165, 1.54) is 5.56 Å². The van der Waals surface area contributed by atoms with Crippen LogP contribution in [0.2, 0.25) is 5.02 Å². The Kier molecular flexibility index (Phi) is 6.81. The number of carbonyl (C=O) groups is 2. The van der Waals surface area contributed by atoms with Gasteiger partial charge in [0, 0.05) is 21.8 Å². The van der Waals surface area contributed by atoms with Crippen LogP contribution in [0.4, 0.5) is 5.69 Å². The monoisotopic (exact) mass is 435 g/mol. The van der Waals surface area contributed by atoms with Crippen LogP contribution < -0.4 is 10.1 Å². The van der Waals surface area contributed by atoms with Gasteiger partial charge in [0.1, 0.15) is 5.75 Å². The Morgan fingerprint density at radius 1 is 0.903 bits per heavy atom. The van der Waals surface area contributed by atoms with Gasteiger partial charge in [-0.2, -0.15) is 0 Å². The minimum absolute atomic E-state index is 0.0234. The third kappa shape index (κ3) is 5.96. The fraction of sp³-hybridized carbons (Fsp3) is 0.231. The first kappa shape index (κ1) is 22.6. The van der Waals surface area contributed by atoms with Crippen LogP contribution in [-0.4, -0.2) is 17.8 Å². The first-order valence-electron chi connectivity index (χ1n) is 10.1. The summed E-state index contributed by atoms with van der Waals surface area (Å²) < 4.78 is 5.65. The van der Waals surface area contributed by atoms with Crippen molar-refractivity contribution in [3.63, 3.8) is 0 Å². The Bertz CT molecular complexity index is 1080. The highest BCUT2D eigenvalue weighted by atomic mass is 35.5. The van der Waals surface area contributed by atoms with Crippen molar-refractivity contribution in [3.8, 4) is 5.75 Å². The van der Waals surface area contributed by atoms with E-state index in [1.54, 1.807) is 55.5 Å². The standard InChI is InChI=1S/C26H26ClNO3/c1-17(31-23-10-6-8-21(27)16-23)25(30)28-22-9-5-7-19(15-22)24(29)18-11-13-20(14-12-18)26(2,3)4/h5-17H,1-4H3,(H,28,30)/t17-/m1/s1. The van der Waals surface area contributed by atoms with E-state index in [2.05, 4.69) is 26.1 Å². The molecule has 3 aromatic carbocycles. The van der Waals surface area contributed by atoms with Crippen molar-refractivity contribution >= 4 is 29.0 Å². The van der Waals surface area contributed by atoms with Crippen molar-refractivity contribution in [2.75, 3.05) is 5.32 Å². The molecule has 1 amide bonds. The van der Waals surface area contributed by atoms with E-state index in [0.29, 0.717) is 27.6 Å². The number of amides is 1. The largest absolute Gasteiger partial charge is 0.481 e. The summed E-state index contributed by atoms with van der Waals surface area (Å²) in [5, 5.41) is 3.34. The Labute approximate surface area is 188 Å². The lowest BCUT2D eigenvalue weighted by Gasteiger charge is -2.19. The van der Waals surface area contributed by atoms with Crippen LogP contribution in [0.15, 0.2) is 72.8 Å². The third-order valence-corrected chi connectivity index (χ3v) is 5.12. The predicted molar refractivity (Wildman–Crippen MR) is 125 cm³/mol. The van der Waals surface area contributed by atoms with Gasteiger partial charge in [-0.3, -0.25) is 9.59 Å². The summed E-state index contributed by atoms with van der Waals surface area (Å²) >= 11 is 5.95. The fourth-order valence-electron chi connectivity index (χ4n) is 3.07. The summed E-state index contributed by atoms with van der Waals surface area (Å²) in [6, 6.07) is 21.4. The number of hydrogen-bond acceptors (Lipinski definition) is 3. The molecular formula is C26H26ClNO3. The van der Waals surface area contributed by atoms with Gasteiger partial charge < -0.3 is 10.1 Å². The van der Waals surface area contributed by atoms with E-state index in [4.69, 9.17) is 16.3 Å². The summed E-state index contributed by atoms with van der Waals surface area (Å²) in [6.45, 7) is 8.05. The van der Waals surface area contributed by atoms with Crippen molar-refractivity contribution in [3.05, 3.63) is 94.5 Å². The van der Waals surface area contributed by atoms with Gasteiger partial charge in [0.15, 0.2) is 11.9 Å². The lowest BCUT2D eigenvalue weighted by Crippen LogP contribution is -2.30. The average Bonchev–Trinajstić information content (AvgIpc) is 2.73. The minimum Gasteiger partial charge on any atom is -0.481 e. The molecule has 0 bridgehead atoms. The number of nitrogens with one attached hydrogen (secondary N) is 1. The Morgan fingerprint density at radius 2 is 1.58 bits per heavy atom. The molecule has 0 saturated carbocycles. The molecule has 0 fully saturated rings. The number of ether oxygens (including phenoxy) is 1. The Morgan fingerprint density at radius 3 is 2.23 bits per heavy atom. The molecule has 3 rings (SSSR count). The van der Waals surface area contributed by atoms with Gasteiger partial charge >= 0.3 is 0 Å². The molecule has 0 aromatic heterocycles. The third-order valence-electron chi connectivity index (χ3n) is 4.88. The van der Waals surface area contributed by atoms with Gasteiger partial charge in [-0.05, 0) is 48.2 Å². The van der Waals surface area contributed by atoms with Crippen LogP contribution in [0.25, 0.3) is 0 Å². The zero-order valence-corrected chi connectivity index (χ0v) is 18.9. The first-order valence-corrected chi connectivity index (χ1v) is 10.5. The quantitative estimate of drug-likeness (QED) is 0.464. The number of hydrogen-bond donors (Lipinski definition) is 1. The lowest BCUT2D eigenvalue weighted by atomic mass is 9.86. The van der Waals surface area contributed by atoms with Crippen molar-refractivity contribution < 1.29 is 14.3 Å². The van der Waals surface area contributed by atoms with Gasteiger partial charge in [0.05, 0.1) is 0 Å². The van der Waals surface area contributed by atoms with E-state index in [1.807, 2.05) is 24.3 Å². The molecule has 160 valence electrons. The molecular weight excluding hydrogens is 410 g/mol. The van der Waals surface area contributed by atoms with Crippen LogP contribution in [0.5, 0.6) is 5.75 Å². The topological polar surface area (TPSA) is 55.4 Å². The maximum absolute atomic E-state index is 12.9. The van der Waals surface area contributed by atoms with Crippen molar-refractivity contribution in [1.82, 2.24) is 0 Å². The number of anilines is 1. The molecule has 5 heteroatoms. The molecule has 4 nitrogen and oxygen atoms in total. The molecule has 0 aliphatic heterocycles. The zero-order valence-electron chi connectivity index (χ0n) is 18.1. The second-order valence-corrected chi connectivity index (χ2v) is 8.88. The number of carbonyl (C=O) groups excluding carboxylic acids is 2. The van der Waals surface area contributed by atoms with Gasteiger partial charge in [-0.1, -0.05) is 74.8 Å². The van der Waals surface area contributed by atoms with Gasteiger partial charge in [0.25, 0.3) is 5.91 Å². The van der Waals surface area contributed by atoms with Gasteiger partial charge in [0.2, 0.25) is 0 Å². The molecule has 1 atom stereocenters. The second kappa shape index (κ2) is 9.36. The van der Waals surface area contributed by atoms with Crippen LogP contribution in [-0.2, 0) is 10.2 Å². The fourth-order valence-corrected chi connectivity index (χ4v) is 3.25. The number of benzene rings is 3. The van der Waals surface area contributed by atoms with Crippen LogP contribution >= 0.6 is 11.6 Å². The normalized spacial score (nSPS) is 12.2. The molecule has 0 radical (unpaired) electrons. The lowest BCUT2D eigenvalue weighted by molar-refractivity contribution is -0.122.